The highest BCUT2D eigenvalue weighted by Gasteiger charge is 2.02. The molecule has 0 unspecified atom stereocenters. The van der Waals surface area contributed by atoms with Gasteiger partial charge in [0, 0.05) is 23.7 Å². The third kappa shape index (κ3) is 3.96. The van der Waals surface area contributed by atoms with Crippen LogP contribution in [0, 0.1) is 0 Å². The van der Waals surface area contributed by atoms with Gasteiger partial charge in [-0.05, 0) is 24.3 Å². The molecule has 3 N–H and O–H groups in total. The van der Waals surface area contributed by atoms with Crippen molar-refractivity contribution in [3.8, 4) is 0 Å². The number of hydrogen-bond acceptors (Lipinski definition) is 2. The monoisotopic (exact) mass is 233 g/mol. The molecule has 0 aliphatic heterocycles. The van der Waals surface area contributed by atoms with E-state index in [0.29, 0.717) is 23.7 Å². The van der Waals surface area contributed by atoms with Gasteiger partial charge < -0.3 is 23.5 Å². The molecule has 5 heteroatoms. The fraction of sp³-hybridized carbons (Fsp3) is 0.222. The van der Waals surface area contributed by atoms with Crippen molar-refractivity contribution in [2.45, 2.75) is 0 Å². The minimum absolute atomic E-state index is 0. The first-order valence-corrected chi connectivity index (χ1v) is 4.35. The predicted octanol–water partition coefficient (Wildman–Crippen LogP) is -1.97. The number of hydrogen-bond donors (Lipinski definition) is 2. The van der Waals surface area contributed by atoms with E-state index in [2.05, 4.69) is 5.32 Å². The molecule has 0 aliphatic carbocycles. The number of carbonyl (C=O) groups is 1. The van der Waals surface area contributed by atoms with Crippen LogP contribution in [0.25, 0.3) is 0 Å². The molecule has 0 aliphatic rings. The van der Waals surface area contributed by atoms with Gasteiger partial charge in [0.05, 0.1) is 0 Å². The van der Waals surface area contributed by atoms with E-state index in [1.54, 1.807) is 24.3 Å². The summed E-state index contributed by atoms with van der Waals surface area (Å²) in [5, 5.41) is 3.28. The second-order valence-electron chi connectivity index (χ2n) is 2.55. The number of rotatable bonds is 3. The molecule has 1 aromatic rings. The van der Waals surface area contributed by atoms with Crippen molar-refractivity contribution in [1.29, 1.82) is 0 Å². The van der Waals surface area contributed by atoms with E-state index in [1.165, 1.54) is 0 Å². The Labute approximate surface area is 94.0 Å². The molecule has 0 spiro atoms. The van der Waals surface area contributed by atoms with Crippen molar-refractivity contribution in [2.24, 2.45) is 5.73 Å². The van der Waals surface area contributed by atoms with Crippen LogP contribution in [-0.2, 0) is 0 Å². The lowest BCUT2D eigenvalue weighted by molar-refractivity contribution is -0.0000110. The molecule has 14 heavy (non-hydrogen) atoms. The van der Waals surface area contributed by atoms with Crippen LogP contribution in [0.1, 0.15) is 10.4 Å². The highest BCUT2D eigenvalue weighted by Crippen LogP contribution is 2.08. The quantitative estimate of drug-likeness (QED) is 0.637. The van der Waals surface area contributed by atoms with Crippen LogP contribution in [0.3, 0.4) is 0 Å². The smallest absolute Gasteiger partial charge is 0.251 e. The van der Waals surface area contributed by atoms with Gasteiger partial charge in [0.25, 0.3) is 5.91 Å². The summed E-state index contributed by atoms with van der Waals surface area (Å²) in [5.74, 6) is -0.123. The zero-order valence-corrected chi connectivity index (χ0v) is 8.98. The number of halogens is 2. The molecule has 0 aromatic heterocycles. The van der Waals surface area contributed by atoms with Crippen LogP contribution in [-0.4, -0.2) is 19.0 Å². The summed E-state index contributed by atoms with van der Waals surface area (Å²) in [7, 11) is 0. The molecule has 1 aromatic carbocycles. The largest absolute Gasteiger partial charge is 1.00 e. The first-order chi connectivity index (χ1) is 6.24. The zero-order chi connectivity index (χ0) is 9.68. The molecule has 1 rings (SSSR count). The maximum Gasteiger partial charge on any atom is 0.251 e. The topological polar surface area (TPSA) is 55.1 Å². The molecule has 78 valence electrons. The van der Waals surface area contributed by atoms with Crippen LogP contribution in [0.4, 0.5) is 0 Å². The average Bonchev–Trinajstić information content (AvgIpc) is 2.15. The first-order valence-electron chi connectivity index (χ1n) is 3.98. The molecule has 1 amide bonds. The van der Waals surface area contributed by atoms with Crippen LogP contribution in [0.5, 0.6) is 0 Å². The van der Waals surface area contributed by atoms with Crippen LogP contribution in [0.2, 0.25) is 5.02 Å². The van der Waals surface area contributed by atoms with E-state index in [-0.39, 0.29) is 18.3 Å². The van der Waals surface area contributed by atoms with Crippen LogP contribution in [0.15, 0.2) is 24.3 Å². The van der Waals surface area contributed by atoms with Crippen molar-refractivity contribution in [3.05, 3.63) is 34.9 Å². The van der Waals surface area contributed by atoms with Crippen molar-refractivity contribution < 1.29 is 17.2 Å². The summed E-state index contributed by atoms with van der Waals surface area (Å²) in [6.07, 6.45) is 0. The van der Waals surface area contributed by atoms with Gasteiger partial charge in [0.2, 0.25) is 0 Å². The van der Waals surface area contributed by atoms with E-state index in [0.717, 1.165) is 0 Å². The Kier molecular flexibility index (Phi) is 6.28. The van der Waals surface area contributed by atoms with Gasteiger partial charge in [-0.15, -0.1) is 0 Å². The molecular formula is C9H11Cl2N2O-. The fourth-order valence-electron chi connectivity index (χ4n) is 0.889. The Morgan fingerprint density at radius 1 is 1.36 bits per heavy atom. The molecule has 0 radical (unpaired) electrons. The van der Waals surface area contributed by atoms with E-state index >= 15 is 0 Å². The predicted molar refractivity (Wildman–Crippen MR) is 52.8 cm³/mol. The van der Waals surface area contributed by atoms with Crippen molar-refractivity contribution >= 4 is 17.5 Å². The lowest BCUT2D eigenvalue weighted by atomic mass is 10.2. The molecule has 3 nitrogen and oxygen atoms in total. The van der Waals surface area contributed by atoms with Crippen LogP contribution < -0.4 is 23.5 Å². The van der Waals surface area contributed by atoms with Gasteiger partial charge in [-0.2, -0.15) is 0 Å². The fourth-order valence-corrected chi connectivity index (χ4v) is 1.02. The molecular weight excluding hydrogens is 223 g/mol. The summed E-state index contributed by atoms with van der Waals surface area (Å²) < 4.78 is 0. The molecule has 0 saturated heterocycles. The summed E-state index contributed by atoms with van der Waals surface area (Å²) in [6, 6.07) is 6.71. The third-order valence-corrected chi connectivity index (χ3v) is 1.79. The SMILES string of the molecule is NCCNC(=O)c1ccc(Cl)cc1.[Cl-]. The van der Waals surface area contributed by atoms with Crippen LogP contribution >= 0.6 is 11.6 Å². The zero-order valence-electron chi connectivity index (χ0n) is 7.47. The number of nitrogens with two attached hydrogens (primary N) is 1. The summed E-state index contributed by atoms with van der Waals surface area (Å²) in [6.45, 7) is 0.931. The van der Waals surface area contributed by atoms with Crippen molar-refractivity contribution in [1.82, 2.24) is 5.32 Å². The second kappa shape index (κ2) is 6.65. The maximum atomic E-state index is 11.3. The second-order valence-corrected chi connectivity index (χ2v) is 2.99. The Morgan fingerprint density at radius 2 is 1.93 bits per heavy atom. The number of amides is 1. The lowest BCUT2D eigenvalue weighted by Gasteiger charge is -2.02. The number of benzene rings is 1. The normalized spacial score (nSPS) is 9.00. The molecule has 0 heterocycles. The van der Waals surface area contributed by atoms with Crippen molar-refractivity contribution in [3.63, 3.8) is 0 Å². The standard InChI is InChI=1S/C9H11ClN2O.ClH/c10-8-3-1-7(2-4-8)9(13)12-6-5-11;/h1-4H,5-6,11H2,(H,12,13);1H/p-1. The average molecular weight is 234 g/mol. The Balaban J connectivity index is 0.00000169. The van der Waals surface area contributed by atoms with E-state index in [9.17, 15) is 4.79 Å². The Hall–Kier alpha value is -0.770. The summed E-state index contributed by atoms with van der Waals surface area (Å²) >= 11 is 5.67. The molecule has 0 fully saturated rings. The van der Waals surface area contributed by atoms with Gasteiger partial charge in [0.15, 0.2) is 0 Å². The maximum absolute atomic E-state index is 11.3. The van der Waals surface area contributed by atoms with Gasteiger partial charge >= 0.3 is 0 Å². The molecule has 0 saturated carbocycles. The van der Waals surface area contributed by atoms with E-state index in [1.807, 2.05) is 0 Å². The van der Waals surface area contributed by atoms with Gasteiger partial charge in [-0.3, -0.25) is 4.79 Å². The van der Waals surface area contributed by atoms with E-state index < -0.39 is 0 Å². The first kappa shape index (κ1) is 13.2. The highest BCUT2D eigenvalue weighted by atomic mass is 35.5. The Morgan fingerprint density at radius 3 is 2.43 bits per heavy atom. The molecule has 0 atom stereocenters. The summed E-state index contributed by atoms with van der Waals surface area (Å²) in [5.41, 5.74) is 5.84. The van der Waals surface area contributed by atoms with Gasteiger partial charge in [0.1, 0.15) is 0 Å². The highest BCUT2D eigenvalue weighted by molar-refractivity contribution is 6.30. The molecule has 0 bridgehead atoms. The number of nitrogens with one attached hydrogen (secondary N) is 1. The minimum atomic E-state index is -0.123. The van der Waals surface area contributed by atoms with Crippen molar-refractivity contribution in [2.75, 3.05) is 13.1 Å². The van der Waals surface area contributed by atoms with Gasteiger partial charge in [-0.25, -0.2) is 0 Å². The number of carbonyl (C=O) groups excluding carboxylic acids is 1. The van der Waals surface area contributed by atoms with E-state index in [4.69, 9.17) is 17.3 Å². The Bertz CT molecular complexity index is 287. The summed E-state index contributed by atoms with van der Waals surface area (Å²) in [4.78, 5) is 11.3. The van der Waals surface area contributed by atoms with Gasteiger partial charge in [-0.1, -0.05) is 11.6 Å². The third-order valence-electron chi connectivity index (χ3n) is 1.54. The minimum Gasteiger partial charge on any atom is -1.00 e. The lowest BCUT2D eigenvalue weighted by Crippen LogP contribution is -3.00.